The minimum Gasteiger partial charge on any atom is -0.341 e. The van der Waals surface area contributed by atoms with Gasteiger partial charge in [-0.3, -0.25) is 14.9 Å². The summed E-state index contributed by atoms with van der Waals surface area (Å²) in [5.41, 5.74) is 4.99. The molecule has 1 amide bonds. The lowest BCUT2D eigenvalue weighted by molar-refractivity contribution is -0.385. The SMILES string of the molecule is CN(CCCN)C(=O)c1c(Cl)cccc1[N+](=O)[O-]. The van der Waals surface area contributed by atoms with E-state index >= 15 is 0 Å². The Morgan fingerprint density at radius 3 is 2.78 bits per heavy atom. The van der Waals surface area contributed by atoms with Crippen molar-refractivity contribution in [2.24, 2.45) is 5.73 Å². The number of hydrogen-bond donors (Lipinski definition) is 1. The zero-order chi connectivity index (χ0) is 13.7. The standard InChI is InChI=1S/C11H14ClN3O3/c1-14(7-3-6-13)11(16)10-8(12)4-2-5-9(10)15(17)18/h2,4-5H,3,6-7,13H2,1H3. The summed E-state index contributed by atoms with van der Waals surface area (Å²) < 4.78 is 0. The normalized spacial score (nSPS) is 10.2. The molecule has 18 heavy (non-hydrogen) atoms. The highest BCUT2D eigenvalue weighted by molar-refractivity contribution is 6.34. The highest BCUT2D eigenvalue weighted by atomic mass is 35.5. The number of amides is 1. The molecule has 1 rings (SSSR count). The van der Waals surface area contributed by atoms with Crippen LogP contribution in [0.4, 0.5) is 5.69 Å². The number of nitro benzene ring substituents is 1. The second kappa shape index (κ2) is 6.32. The first-order chi connectivity index (χ1) is 8.49. The van der Waals surface area contributed by atoms with E-state index in [-0.39, 0.29) is 16.3 Å². The quantitative estimate of drug-likeness (QED) is 0.651. The summed E-state index contributed by atoms with van der Waals surface area (Å²) in [6.45, 7) is 0.875. The monoisotopic (exact) mass is 271 g/mol. The van der Waals surface area contributed by atoms with Crippen molar-refractivity contribution in [3.63, 3.8) is 0 Å². The molecular weight excluding hydrogens is 258 g/mol. The van der Waals surface area contributed by atoms with Crippen molar-refractivity contribution in [2.45, 2.75) is 6.42 Å². The van der Waals surface area contributed by atoms with Crippen molar-refractivity contribution >= 4 is 23.2 Å². The molecule has 0 fully saturated rings. The van der Waals surface area contributed by atoms with Gasteiger partial charge in [0.1, 0.15) is 5.56 Å². The maximum atomic E-state index is 12.1. The first-order valence-corrected chi connectivity index (χ1v) is 5.75. The summed E-state index contributed by atoms with van der Waals surface area (Å²) >= 11 is 5.87. The van der Waals surface area contributed by atoms with Crippen molar-refractivity contribution < 1.29 is 9.72 Å². The van der Waals surface area contributed by atoms with Crippen molar-refractivity contribution in [1.82, 2.24) is 4.90 Å². The predicted octanol–water partition coefficient (Wildman–Crippen LogP) is 1.67. The molecule has 2 N–H and O–H groups in total. The molecule has 0 aliphatic heterocycles. The molecule has 0 bridgehead atoms. The zero-order valence-electron chi connectivity index (χ0n) is 9.93. The van der Waals surface area contributed by atoms with E-state index in [4.69, 9.17) is 17.3 Å². The van der Waals surface area contributed by atoms with Crippen molar-refractivity contribution in [3.8, 4) is 0 Å². The van der Waals surface area contributed by atoms with E-state index < -0.39 is 10.8 Å². The number of carbonyl (C=O) groups is 1. The maximum Gasteiger partial charge on any atom is 0.283 e. The van der Waals surface area contributed by atoms with E-state index in [2.05, 4.69) is 0 Å². The maximum absolute atomic E-state index is 12.1. The van der Waals surface area contributed by atoms with Crippen LogP contribution in [-0.4, -0.2) is 35.9 Å². The number of carbonyl (C=O) groups excluding carboxylic acids is 1. The third-order valence-corrected chi connectivity index (χ3v) is 2.76. The van der Waals surface area contributed by atoms with Gasteiger partial charge in [-0.1, -0.05) is 17.7 Å². The van der Waals surface area contributed by atoms with E-state index in [0.29, 0.717) is 19.5 Å². The fourth-order valence-corrected chi connectivity index (χ4v) is 1.75. The van der Waals surface area contributed by atoms with Crippen molar-refractivity contribution in [1.29, 1.82) is 0 Å². The second-order valence-corrected chi connectivity index (χ2v) is 4.17. The van der Waals surface area contributed by atoms with Crippen molar-refractivity contribution in [2.75, 3.05) is 20.1 Å². The Morgan fingerprint density at radius 2 is 2.22 bits per heavy atom. The topological polar surface area (TPSA) is 89.5 Å². The molecule has 0 atom stereocenters. The molecule has 6 nitrogen and oxygen atoms in total. The average molecular weight is 272 g/mol. The van der Waals surface area contributed by atoms with Crippen LogP contribution in [-0.2, 0) is 0 Å². The average Bonchev–Trinajstić information content (AvgIpc) is 2.34. The van der Waals surface area contributed by atoms with Crippen LogP contribution in [0.2, 0.25) is 5.02 Å². The molecule has 0 heterocycles. The van der Waals surface area contributed by atoms with Crippen LogP contribution in [0.3, 0.4) is 0 Å². The van der Waals surface area contributed by atoms with E-state index in [1.165, 1.54) is 23.1 Å². The van der Waals surface area contributed by atoms with Gasteiger partial charge in [-0.15, -0.1) is 0 Å². The summed E-state index contributed by atoms with van der Waals surface area (Å²) in [4.78, 5) is 23.7. The summed E-state index contributed by atoms with van der Waals surface area (Å²) in [5.74, 6) is -0.472. The Balaban J connectivity index is 3.08. The van der Waals surface area contributed by atoms with E-state index in [9.17, 15) is 14.9 Å². The lowest BCUT2D eigenvalue weighted by Gasteiger charge is -2.17. The largest absolute Gasteiger partial charge is 0.341 e. The summed E-state index contributed by atoms with van der Waals surface area (Å²) in [5, 5.41) is 10.9. The summed E-state index contributed by atoms with van der Waals surface area (Å²) in [6, 6.07) is 4.16. The van der Waals surface area contributed by atoms with Crippen LogP contribution in [0, 0.1) is 10.1 Å². The smallest absolute Gasteiger partial charge is 0.283 e. The molecule has 1 aromatic rings. The minimum atomic E-state index is -0.615. The van der Waals surface area contributed by atoms with Gasteiger partial charge < -0.3 is 10.6 Å². The minimum absolute atomic E-state index is 0.0776. The Hall–Kier alpha value is -1.66. The van der Waals surface area contributed by atoms with Gasteiger partial charge in [0.2, 0.25) is 0 Å². The molecule has 0 radical (unpaired) electrons. The first-order valence-electron chi connectivity index (χ1n) is 5.37. The molecule has 7 heteroatoms. The summed E-state index contributed by atoms with van der Waals surface area (Å²) in [6.07, 6.45) is 0.625. The predicted molar refractivity (Wildman–Crippen MR) is 68.7 cm³/mol. The molecule has 98 valence electrons. The number of halogens is 1. The Morgan fingerprint density at radius 1 is 1.56 bits per heavy atom. The number of hydrogen-bond acceptors (Lipinski definition) is 4. The van der Waals surface area contributed by atoms with Gasteiger partial charge in [-0.05, 0) is 19.0 Å². The van der Waals surface area contributed by atoms with Gasteiger partial charge in [-0.2, -0.15) is 0 Å². The van der Waals surface area contributed by atoms with E-state index in [1.807, 2.05) is 0 Å². The van der Waals surface area contributed by atoms with Crippen LogP contribution >= 0.6 is 11.6 Å². The van der Waals surface area contributed by atoms with Gasteiger partial charge in [0.15, 0.2) is 0 Å². The Labute approximate surface area is 109 Å². The number of nitrogens with zero attached hydrogens (tertiary/aromatic N) is 2. The molecule has 0 aliphatic carbocycles. The molecule has 0 spiro atoms. The number of nitro groups is 1. The fraction of sp³-hybridized carbons (Fsp3) is 0.364. The third-order valence-electron chi connectivity index (χ3n) is 2.45. The van der Waals surface area contributed by atoms with Crippen LogP contribution < -0.4 is 5.73 Å². The molecule has 1 aromatic carbocycles. The van der Waals surface area contributed by atoms with Gasteiger partial charge in [0.25, 0.3) is 11.6 Å². The highest BCUT2D eigenvalue weighted by Crippen LogP contribution is 2.27. The molecule has 0 aromatic heterocycles. The van der Waals surface area contributed by atoms with Gasteiger partial charge in [-0.25, -0.2) is 0 Å². The fourth-order valence-electron chi connectivity index (χ4n) is 1.50. The number of nitrogens with two attached hydrogens (primary N) is 1. The molecule has 0 unspecified atom stereocenters. The van der Waals surface area contributed by atoms with Gasteiger partial charge >= 0.3 is 0 Å². The van der Waals surface area contributed by atoms with E-state index in [0.717, 1.165) is 0 Å². The molecule has 0 saturated heterocycles. The number of rotatable bonds is 5. The third kappa shape index (κ3) is 3.18. The van der Waals surface area contributed by atoms with Gasteiger partial charge in [0.05, 0.1) is 9.95 Å². The lowest BCUT2D eigenvalue weighted by atomic mass is 10.1. The zero-order valence-corrected chi connectivity index (χ0v) is 10.7. The first kappa shape index (κ1) is 14.4. The van der Waals surface area contributed by atoms with Crippen LogP contribution in [0.1, 0.15) is 16.8 Å². The number of benzene rings is 1. The van der Waals surface area contributed by atoms with Crippen molar-refractivity contribution in [3.05, 3.63) is 38.9 Å². The molecule has 0 aliphatic rings. The van der Waals surface area contributed by atoms with Gasteiger partial charge in [0, 0.05) is 19.7 Å². The molecular formula is C11H14ClN3O3. The second-order valence-electron chi connectivity index (χ2n) is 3.76. The van der Waals surface area contributed by atoms with E-state index in [1.54, 1.807) is 7.05 Å². The molecule has 0 saturated carbocycles. The highest BCUT2D eigenvalue weighted by Gasteiger charge is 2.25. The Bertz CT molecular complexity index is 465. The van der Waals surface area contributed by atoms with Crippen LogP contribution in [0.5, 0.6) is 0 Å². The lowest BCUT2D eigenvalue weighted by Crippen LogP contribution is -2.29. The Kier molecular flexibility index (Phi) is 5.06. The van der Waals surface area contributed by atoms with Crippen LogP contribution in [0.25, 0.3) is 0 Å². The summed E-state index contributed by atoms with van der Waals surface area (Å²) in [7, 11) is 1.56. The van der Waals surface area contributed by atoms with Crippen LogP contribution in [0.15, 0.2) is 18.2 Å².